The van der Waals surface area contributed by atoms with E-state index in [1.54, 1.807) is 11.3 Å². The number of methoxy groups -OCH3 is 1. The fraction of sp³-hybridized carbons (Fsp3) is 0.214. The molecule has 0 saturated heterocycles. The lowest BCUT2D eigenvalue weighted by atomic mass is 10.1. The maximum Gasteiger partial charge on any atom is 0.319 e. The quantitative estimate of drug-likeness (QED) is 0.841. The lowest BCUT2D eigenvalue weighted by Crippen LogP contribution is -2.22. The van der Waals surface area contributed by atoms with Crippen LogP contribution in [0.1, 0.15) is 4.88 Å². The van der Waals surface area contributed by atoms with Gasteiger partial charge < -0.3 is 10.1 Å². The molecule has 1 aromatic carbocycles. The van der Waals surface area contributed by atoms with Crippen LogP contribution >= 0.6 is 11.3 Å². The maximum absolute atomic E-state index is 10.9. The van der Waals surface area contributed by atoms with Gasteiger partial charge in [-0.25, -0.2) is 0 Å². The maximum atomic E-state index is 10.9. The smallest absolute Gasteiger partial charge is 0.319 e. The van der Waals surface area contributed by atoms with E-state index in [9.17, 15) is 4.79 Å². The Morgan fingerprint density at radius 1 is 1.28 bits per heavy atom. The van der Waals surface area contributed by atoms with Gasteiger partial charge in [0, 0.05) is 11.4 Å². The van der Waals surface area contributed by atoms with Gasteiger partial charge in [-0.3, -0.25) is 4.79 Å². The molecule has 0 spiro atoms. The van der Waals surface area contributed by atoms with Crippen molar-refractivity contribution < 1.29 is 9.53 Å². The van der Waals surface area contributed by atoms with Crippen molar-refractivity contribution in [3.8, 4) is 11.1 Å². The van der Waals surface area contributed by atoms with Crippen LogP contribution in [0.2, 0.25) is 0 Å². The zero-order valence-electron chi connectivity index (χ0n) is 10.2. The number of esters is 1. The zero-order chi connectivity index (χ0) is 12.8. The summed E-state index contributed by atoms with van der Waals surface area (Å²) in [6.45, 7) is 0.932. The van der Waals surface area contributed by atoms with E-state index in [4.69, 9.17) is 0 Å². The molecule has 0 atom stereocenters. The molecular weight excluding hydrogens is 246 g/mol. The van der Waals surface area contributed by atoms with Crippen molar-refractivity contribution >= 4 is 17.3 Å². The molecule has 0 fully saturated rings. The highest BCUT2D eigenvalue weighted by Crippen LogP contribution is 2.25. The van der Waals surface area contributed by atoms with Gasteiger partial charge in [0.25, 0.3) is 0 Å². The Balaban J connectivity index is 1.93. The summed E-state index contributed by atoms with van der Waals surface area (Å²) in [6, 6.07) is 12.4. The summed E-state index contributed by atoms with van der Waals surface area (Å²) in [5.41, 5.74) is 2.43. The second kappa shape index (κ2) is 6.33. The van der Waals surface area contributed by atoms with Crippen LogP contribution in [0.3, 0.4) is 0 Å². The molecule has 1 N–H and O–H groups in total. The fourth-order valence-electron chi connectivity index (χ4n) is 1.62. The van der Waals surface area contributed by atoms with Crippen LogP contribution in [-0.4, -0.2) is 19.6 Å². The number of ether oxygens (including phenoxy) is 1. The molecule has 2 rings (SSSR count). The van der Waals surface area contributed by atoms with E-state index >= 15 is 0 Å². The minimum Gasteiger partial charge on any atom is -0.468 e. The average Bonchev–Trinajstić information content (AvgIpc) is 2.88. The van der Waals surface area contributed by atoms with Crippen LogP contribution in [0.25, 0.3) is 11.1 Å². The molecule has 0 bridgehead atoms. The Hall–Kier alpha value is -1.65. The average molecular weight is 261 g/mol. The number of carbonyl (C=O) groups excluding carboxylic acids is 1. The third kappa shape index (κ3) is 3.42. The van der Waals surface area contributed by atoms with Gasteiger partial charge in [0.05, 0.1) is 13.7 Å². The standard InChI is InChI=1S/C14H15NO2S/c1-17-14(16)9-15-8-13-7-12(10-18-13)11-5-3-2-4-6-11/h2-7,10,15H,8-9H2,1H3. The Labute approximate surface area is 110 Å². The van der Waals surface area contributed by atoms with E-state index < -0.39 is 0 Å². The number of rotatable bonds is 5. The fourth-order valence-corrected chi connectivity index (χ4v) is 2.48. The third-order valence-corrected chi connectivity index (χ3v) is 3.49. The summed E-state index contributed by atoms with van der Waals surface area (Å²) in [4.78, 5) is 12.2. The van der Waals surface area contributed by atoms with Crippen LogP contribution in [-0.2, 0) is 16.1 Å². The largest absolute Gasteiger partial charge is 0.468 e. The van der Waals surface area contributed by atoms with Crippen LogP contribution < -0.4 is 5.32 Å². The highest BCUT2D eigenvalue weighted by Gasteiger charge is 2.03. The number of hydrogen-bond donors (Lipinski definition) is 1. The minimum absolute atomic E-state index is 0.241. The third-order valence-electron chi connectivity index (χ3n) is 2.56. The first-order valence-corrected chi connectivity index (χ1v) is 6.58. The predicted molar refractivity (Wildman–Crippen MR) is 73.5 cm³/mol. The van der Waals surface area contributed by atoms with E-state index in [2.05, 4.69) is 33.6 Å². The van der Waals surface area contributed by atoms with Crippen molar-refractivity contribution in [1.29, 1.82) is 0 Å². The number of carbonyl (C=O) groups is 1. The van der Waals surface area contributed by atoms with Gasteiger partial charge in [-0.15, -0.1) is 11.3 Å². The monoisotopic (exact) mass is 261 g/mol. The van der Waals surface area contributed by atoms with E-state index in [0.717, 1.165) is 0 Å². The topological polar surface area (TPSA) is 38.3 Å². The normalized spacial score (nSPS) is 10.3. The van der Waals surface area contributed by atoms with Crippen molar-refractivity contribution in [2.45, 2.75) is 6.54 Å². The van der Waals surface area contributed by atoms with Gasteiger partial charge >= 0.3 is 5.97 Å². The Morgan fingerprint density at radius 3 is 2.78 bits per heavy atom. The van der Waals surface area contributed by atoms with Crippen molar-refractivity contribution in [3.63, 3.8) is 0 Å². The van der Waals surface area contributed by atoms with Crippen molar-refractivity contribution in [2.75, 3.05) is 13.7 Å². The van der Waals surface area contributed by atoms with E-state index in [1.807, 2.05) is 18.2 Å². The first kappa shape index (κ1) is 12.8. The highest BCUT2D eigenvalue weighted by atomic mass is 32.1. The summed E-state index contributed by atoms with van der Waals surface area (Å²) in [7, 11) is 1.39. The first-order valence-electron chi connectivity index (χ1n) is 5.70. The number of hydrogen-bond acceptors (Lipinski definition) is 4. The molecule has 0 unspecified atom stereocenters. The molecular formula is C14H15NO2S. The molecule has 0 aliphatic rings. The molecule has 18 heavy (non-hydrogen) atoms. The van der Waals surface area contributed by atoms with Crippen molar-refractivity contribution in [1.82, 2.24) is 5.32 Å². The van der Waals surface area contributed by atoms with Gasteiger partial charge in [0.15, 0.2) is 0 Å². The predicted octanol–water partition coefficient (Wildman–Crippen LogP) is 2.68. The van der Waals surface area contributed by atoms with E-state index in [0.29, 0.717) is 6.54 Å². The molecule has 3 nitrogen and oxygen atoms in total. The summed E-state index contributed by atoms with van der Waals surface area (Å²) in [6.07, 6.45) is 0. The molecule has 0 amide bonds. The Kier molecular flexibility index (Phi) is 4.50. The molecule has 1 aromatic heterocycles. The van der Waals surface area contributed by atoms with Gasteiger partial charge in [0.2, 0.25) is 0 Å². The van der Waals surface area contributed by atoms with Crippen LogP contribution in [0.5, 0.6) is 0 Å². The first-order chi connectivity index (χ1) is 8.79. The van der Waals surface area contributed by atoms with Crippen LogP contribution in [0.15, 0.2) is 41.8 Å². The molecule has 0 saturated carbocycles. The van der Waals surface area contributed by atoms with Gasteiger partial charge in [0.1, 0.15) is 0 Å². The molecule has 1 heterocycles. The molecule has 0 radical (unpaired) electrons. The highest BCUT2D eigenvalue weighted by molar-refractivity contribution is 7.10. The molecule has 4 heteroatoms. The van der Waals surface area contributed by atoms with Crippen molar-refractivity contribution in [3.05, 3.63) is 46.7 Å². The number of nitrogens with one attached hydrogen (secondary N) is 1. The summed E-state index contributed by atoms with van der Waals surface area (Å²) >= 11 is 1.69. The molecule has 2 aromatic rings. The Morgan fingerprint density at radius 2 is 2.06 bits per heavy atom. The minimum atomic E-state index is -0.241. The molecule has 0 aliphatic heterocycles. The lowest BCUT2D eigenvalue weighted by Gasteiger charge is -2.00. The molecule has 94 valence electrons. The summed E-state index contributed by atoms with van der Waals surface area (Å²) in [5, 5.41) is 5.18. The SMILES string of the molecule is COC(=O)CNCc1cc(-c2ccccc2)cs1. The van der Waals surface area contributed by atoms with Gasteiger partial charge in [-0.1, -0.05) is 30.3 Å². The van der Waals surface area contributed by atoms with Crippen LogP contribution in [0.4, 0.5) is 0 Å². The van der Waals surface area contributed by atoms with Crippen LogP contribution in [0, 0.1) is 0 Å². The Bertz CT molecular complexity index is 508. The summed E-state index contributed by atoms with van der Waals surface area (Å²) < 4.78 is 4.56. The number of thiophene rings is 1. The van der Waals surface area contributed by atoms with Crippen molar-refractivity contribution in [2.24, 2.45) is 0 Å². The summed E-state index contributed by atoms with van der Waals surface area (Å²) in [5.74, 6) is -0.241. The van der Waals surface area contributed by atoms with Gasteiger partial charge in [-0.2, -0.15) is 0 Å². The second-order valence-corrected chi connectivity index (χ2v) is 4.84. The number of benzene rings is 1. The van der Waals surface area contributed by atoms with E-state index in [1.165, 1.54) is 23.1 Å². The van der Waals surface area contributed by atoms with Gasteiger partial charge in [-0.05, 0) is 22.6 Å². The van der Waals surface area contributed by atoms with E-state index in [-0.39, 0.29) is 12.5 Å². The molecule has 0 aliphatic carbocycles. The lowest BCUT2D eigenvalue weighted by molar-refractivity contribution is -0.139. The second-order valence-electron chi connectivity index (χ2n) is 3.85. The zero-order valence-corrected chi connectivity index (χ0v) is 11.0.